The van der Waals surface area contributed by atoms with Crippen molar-refractivity contribution in [2.75, 3.05) is 0 Å². The molecule has 14 nitrogen and oxygen atoms in total. The van der Waals surface area contributed by atoms with Gasteiger partial charge in [0, 0.05) is 92.2 Å². The summed E-state index contributed by atoms with van der Waals surface area (Å²) in [5.41, 5.74) is 8.05. The van der Waals surface area contributed by atoms with E-state index >= 15 is 0 Å². The Balaban J connectivity index is -0.0000000442. The molecule has 0 atom stereocenters. The van der Waals surface area contributed by atoms with Crippen molar-refractivity contribution in [3.8, 4) is 11.4 Å². The van der Waals surface area contributed by atoms with E-state index in [1.54, 1.807) is 0 Å². The van der Waals surface area contributed by atoms with Crippen molar-refractivity contribution in [2.45, 2.75) is 119 Å². The zero-order valence-electron chi connectivity index (χ0n) is 36.4. The van der Waals surface area contributed by atoms with Crippen LogP contribution in [-0.2, 0) is 136 Å². The average molecular weight is 1490 g/mol. The number of hydrogen-bond acceptors (Lipinski definition) is 0. The molecule has 2 aromatic carbocycles. The second-order valence-electron chi connectivity index (χ2n) is 11.0. The molecule has 0 bridgehead atoms. The summed E-state index contributed by atoms with van der Waals surface area (Å²) in [6, 6.07) is 13.4. The molecule has 0 N–H and O–H groups in total. The van der Waals surface area contributed by atoms with Crippen molar-refractivity contribution in [1.29, 1.82) is 0 Å². The average Bonchev–Trinajstić information content (AvgIpc) is 3.83. The van der Waals surface area contributed by atoms with Gasteiger partial charge in [0.25, 0.3) is 6.33 Å². The Morgan fingerprint density at radius 1 is 0.444 bits per heavy atom. The molecule has 0 aliphatic carbocycles. The Kier molecular flexibility index (Phi) is 154. The van der Waals surface area contributed by atoms with Gasteiger partial charge in [-0.25, -0.2) is 0 Å². The molecule has 63 heavy (non-hydrogen) atoms. The summed E-state index contributed by atoms with van der Waals surface area (Å²) in [4.78, 5) is 0. The maximum absolute atomic E-state index is 7.50. The van der Waals surface area contributed by atoms with Crippen LogP contribution >= 0.6 is 0 Å². The Hall–Kier alpha value is -2.90. The van der Waals surface area contributed by atoms with Gasteiger partial charge in [-0.2, -0.15) is 0 Å². The molecule has 0 unspecified atom stereocenters. The summed E-state index contributed by atoms with van der Waals surface area (Å²) in [7, 11) is 0. The van der Waals surface area contributed by atoms with Gasteiger partial charge >= 0.3 is 136 Å². The number of unbranched alkanes of at least 4 members (excludes halogenated alkanes) is 3. The van der Waals surface area contributed by atoms with Gasteiger partial charge < -0.3 is 0 Å². The molecule has 18 heteroatoms. The van der Waals surface area contributed by atoms with Crippen LogP contribution in [0.25, 0.3) is 11.4 Å². The number of imidazole rings is 1. The van der Waals surface area contributed by atoms with Gasteiger partial charge in [0.05, 0.1) is 11.4 Å². The summed E-state index contributed by atoms with van der Waals surface area (Å²) in [5, 5.41) is 0. The number of aromatic nitrogens is 2. The second kappa shape index (κ2) is 93.9. The molecule has 0 spiro atoms. The Labute approximate surface area is 428 Å². The quantitative estimate of drug-likeness (QED) is 0.0639. The van der Waals surface area contributed by atoms with Crippen LogP contribution in [0, 0.1) is 86.1 Å². The van der Waals surface area contributed by atoms with Crippen LogP contribution in [0.5, 0.6) is 0 Å². The monoisotopic (exact) mass is 1490 g/mol. The van der Waals surface area contributed by atoms with E-state index in [1.807, 2.05) is 0 Å². The van der Waals surface area contributed by atoms with Gasteiger partial charge in [-0.05, 0) is 45.9 Å². The smallest absolute Gasteiger partial charge is 0 e. The first kappa shape index (κ1) is 103. The molecule has 0 aliphatic rings. The molecule has 346 valence electrons. The van der Waals surface area contributed by atoms with Gasteiger partial charge in [-0.15, -0.1) is 0 Å². The number of hydrogen-bond donors (Lipinski definition) is 0. The zero-order valence-corrected chi connectivity index (χ0v) is 45.6. The van der Waals surface area contributed by atoms with E-state index in [2.05, 4.69) is 213 Å². The second-order valence-corrected chi connectivity index (χ2v) is 11.0. The van der Waals surface area contributed by atoms with E-state index in [9.17, 15) is 0 Å². The first-order chi connectivity index (χ1) is 28.6. The first-order valence-corrected chi connectivity index (χ1v) is 16.4. The Bertz CT molecular complexity index is 1370. The van der Waals surface area contributed by atoms with Crippen LogP contribution in [0.1, 0.15) is 141 Å². The van der Waals surface area contributed by atoms with E-state index in [0.717, 1.165) is 0 Å². The van der Waals surface area contributed by atoms with Crippen molar-refractivity contribution in [3.63, 3.8) is 0 Å². The number of nitrogens with zero attached hydrogens (tertiary/aromatic N) is 2. The summed E-state index contributed by atoms with van der Waals surface area (Å²) in [5.74, 6) is 1.84. The van der Waals surface area contributed by atoms with Crippen LogP contribution in [0.2, 0.25) is 0 Å². The van der Waals surface area contributed by atoms with E-state index < -0.39 is 0 Å². The summed E-state index contributed by atoms with van der Waals surface area (Å²) < 4.78 is 94.4. The maximum Gasteiger partial charge on any atom is 0 e. The predicted molar refractivity (Wildman–Crippen MR) is 199 cm³/mol. The maximum atomic E-state index is 7.50. The molecule has 1 aromatic heterocycles. The van der Waals surface area contributed by atoms with Crippen molar-refractivity contribution >= 4 is 0 Å². The van der Waals surface area contributed by atoms with Crippen molar-refractivity contribution < 1.29 is 140 Å². The van der Waals surface area contributed by atoms with Crippen molar-refractivity contribution in [3.05, 3.63) is 157 Å². The van der Waals surface area contributed by atoms with E-state index in [0.29, 0.717) is 23.7 Å². The normalized spacial score (nSPS) is 6.76. The third kappa shape index (κ3) is 51.6. The van der Waals surface area contributed by atoms with Crippen molar-refractivity contribution in [1.82, 2.24) is 4.57 Å². The molecule has 0 radical (unpaired) electrons. The number of para-hydroxylation sites is 2. The van der Waals surface area contributed by atoms with E-state index in [-0.39, 0.29) is 79.8 Å². The van der Waals surface area contributed by atoms with Gasteiger partial charge in [-0.1, -0.05) is 131 Å². The van der Waals surface area contributed by atoms with Gasteiger partial charge in [-0.3, -0.25) is 9.13 Å². The standard InChI is InChI=1S/C27H36N2.C6H14.12CO.3Os.Pd/c1-18(2)22-11-9-12-23(19(3)4)26(22)28-15-16-29(17-28)27-24(20(5)6)13-10-14-25(27)21(7)8;1-3-5-6-4-2;12*1-2;;;;/h9-16,18-21H,1-8H3;3-6H2,1-2H3;;;;;;;;;;;;;;;;. The fraction of sp³-hybridized carbons (Fsp3) is 0.400. The zero-order chi connectivity index (χ0) is 50.1. The molecule has 0 amide bonds. The molecule has 0 aliphatic heterocycles. The summed E-state index contributed by atoms with van der Waals surface area (Å²) >= 11 is 0. The topological polar surface area (TPSA) is 248 Å². The third-order valence-corrected chi connectivity index (χ3v) is 6.70. The van der Waals surface area contributed by atoms with Gasteiger partial charge in [0.1, 0.15) is 0 Å². The summed E-state index contributed by atoms with van der Waals surface area (Å²) in [6.45, 7) is 76.6. The molecular weight excluding hydrogens is 1440 g/mol. The molecule has 0 fully saturated rings. The molecule has 1 heterocycles. The predicted octanol–water partition coefficient (Wildman–Crippen LogP) is 9.17. The van der Waals surface area contributed by atoms with Crippen LogP contribution in [-0.4, -0.2) is 4.57 Å². The van der Waals surface area contributed by atoms with E-state index in [4.69, 9.17) is 55.8 Å². The first-order valence-electron chi connectivity index (χ1n) is 16.4. The van der Waals surface area contributed by atoms with Gasteiger partial charge in [0.2, 0.25) is 0 Å². The Morgan fingerprint density at radius 3 is 0.873 bits per heavy atom. The fourth-order valence-electron chi connectivity index (χ4n) is 4.64. The van der Waals surface area contributed by atoms with Crippen LogP contribution < -0.4 is 4.57 Å². The molecule has 3 rings (SSSR count). The molecular formula is C45H50N2O12Os3Pd. The largest absolute Gasteiger partial charge is 0 e. The number of benzene rings is 2. The fourth-order valence-corrected chi connectivity index (χ4v) is 4.64. The molecule has 0 saturated heterocycles. The minimum absolute atomic E-state index is 0. The number of rotatable bonds is 9. The summed E-state index contributed by atoms with van der Waals surface area (Å²) in [6.07, 6.45) is 13.5. The SMILES string of the molecule is CC(C)c1cccc(C(C)C)c1-n1[c-][n+](-c2c(C(C)C)cccc2C(C)C)cc1.CCCCCC.[C-]#[O+].[C-]#[O+].[C-]#[O+].[C-]#[O+].[C-]#[O+].[C-]#[O+].[C-]#[O+].[C-]#[O+].[C-]#[O+].[C-]#[O+].[C-]#[O+].[C-]#[O+].[Os].[Os].[Os].[Pd]. The third-order valence-electron chi connectivity index (χ3n) is 6.70. The Morgan fingerprint density at radius 2 is 0.667 bits per heavy atom. The van der Waals surface area contributed by atoms with Crippen LogP contribution in [0.3, 0.4) is 0 Å². The van der Waals surface area contributed by atoms with Crippen LogP contribution in [0.4, 0.5) is 0 Å². The minimum atomic E-state index is 0. The van der Waals surface area contributed by atoms with Crippen LogP contribution in [0.15, 0.2) is 48.8 Å². The molecule has 0 saturated carbocycles. The van der Waals surface area contributed by atoms with Gasteiger partial charge in [0.15, 0.2) is 0 Å². The molecule has 3 aromatic rings. The van der Waals surface area contributed by atoms with E-state index in [1.165, 1.54) is 59.3 Å². The van der Waals surface area contributed by atoms with Crippen molar-refractivity contribution in [2.24, 2.45) is 0 Å². The minimum Gasteiger partial charge on any atom is 0 e.